The summed E-state index contributed by atoms with van der Waals surface area (Å²) in [6, 6.07) is 5.74. The highest BCUT2D eigenvalue weighted by molar-refractivity contribution is 6.13. The van der Waals surface area contributed by atoms with Crippen LogP contribution in [0.5, 0.6) is 11.5 Å². The molecule has 0 atom stereocenters. The SMILES string of the molecule is CCCOc1cc2c(c(OCCC)c1C)CCC(=Cc1cccnc1)C2=O. The van der Waals surface area contributed by atoms with Gasteiger partial charge < -0.3 is 9.47 Å². The van der Waals surface area contributed by atoms with Crippen LogP contribution in [0, 0.1) is 6.92 Å². The summed E-state index contributed by atoms with van der Waals surface area (Å²) in [5, 5.41) is 0. The van der Waals surface area contributed by atoms with E-state index in [0.717, 1.165) is 53.0 Å². The number of hydrogen-bond acceptors (Lipinski definition) is 4. The molecule has 0 N–H and O–H groups in total. The van der Waals surface area contributed by atoms with Crippen LogP contribution >= 0.6 is 0 Å². The molecule has 1 aliphatic carbocycles. The number of ether oxygens (including phenoxy) is 2. The molecule has 2 aromatic rings. The molecule has 27 heavy (non-hydrogen) atoms. The third-order valence-corrected chi connectivity index (χ3v) is 4.70. The van der Waals surface area contributed by atoms with Crippen LogP contribution in [0.3, 0.4) is 0 Å². The number of carbonyl (C=O) groups is 1. The monoisotopic (exact) mass is 365 g/mol. The summed E-state index contributed by atoms with van der Waals surface area (Å²) in [5.41, 5.74) is 4.46. The smallest absolute Gasteiger partial charge is 0.189 e. The van der Waals surface area contributed by atoms with Gasteiger partial charge in [-0.3, -0.25) is 9.78 Å². The first kappa shape index (κ1) is 19.2. The summed E-state index contributed by atoms with van der Waals surface area (Å²) >= 11 is 0. The van der Waals surface area contributed by atoms with Gasteiger partial charge in [-0.1, -0.05) is 19.9 Å². The van der Waals surface area contributed by atoms with Gasteiger partial charge in [0.15, 0.2) is 5.78 Å². The molecule has 1 aromatic carbocycles. The number of fused-ring (bicyclic) bond motifs is 1. The van der Waals surface area contributed by atoms with Crippen molar-refractivity contribution in [1.29, 1.82) is 0 Å². The summed E-state index contributed by atoms with van der Waals surface area (Å²) in [6.07, 6.45) is 8.79. The van der Waals surface area contributed by atoms with Gasteiger partial charge in [-0.2, -0.15) is 0 Å². The molecular formula is C23H27NO3. The molecule has 1 aliphatic rings. The highest BCUT2D eigenvalue weighted by Crippen LogP contribution is 2.40. The Kier molecular flexibility index (Phi) is 6.28. The zero-order chi connectivity index (χ0) is 19.2. The highest BCUT2D eigenvalue weighted by Gasteiger charge is 2.28. The summed E-state index contributed by atoms with van der Waals surface area (Å²) < 4.78 is 12.0. The van der Waals surface area contributed by atoms with Gasteiger partial charge in [0.05, 0.1) is 13.2 Å². The van der Waals surface area contributed by atoms with Gasteiger partial charge in [0, 0.05) is 34.7 Å². The molecule has 0 bridgehead atoms. The maximum Gasteiger partial charge on any atom is 0.189 e. The topological polar surface area (TPSA) is 48.4 Å². The van der Waals surface area contributed by atoms with E-state index in [0.29, 0.717) is 25.2 Å². The van der Waals surface area contributed by atoms with Crippen LogP contribution in [0.1, 0.15) is 60.2 Å². The number of nitrogens with zero attached hydrogens (tertiary/aromatic N) is 1. The third kappa shape index (κ3) is 4.21. The molecule has 3 rings (SSSR count). The van der Waals surface area contributed by atoms with Crippen LogP contribution in [0.25, 0.3) is 6.08 Å². The van der Waals surface area contributed by atoms with Crippen LogP contribution in [0.2, 0.25) is 0 Å². The Morgan fingerprint density at radius 2 is 1.93 bits per heavy atom. The molecule has 0 radical (unpaired) electrons. The summed E-state index contributed by atoms with van der Waals surface area (Å²) in [6.45, 7) is 7.43. The van der Waals surface area contributed by atoms with Gasteiger partial charge in [0.25, 0.3) is 0 Å². The van der Waals surface area contributed by atoms with Crippen molar-refractivity contribution in [2.75, 3.05) is 13.2 Å². The van der Waals surface area contributed by atoms with Crippen molar-refractivity contribution in [3.63, 3.8) is 0 Å². The molecule has 0 saturated carbocycles. The van der Waals surface area contributed by atoms with Crippen molar-refractivity contribution in [1.82, 2.24) is 4.98 Å². The first-order valence-electron chi connectivity index (χ1n) is 9.73. The predicted molar refractivity (Wildman–Crippen MR) is 108 cm³/mol. The largest absolute Gasteiger partial charge is 0.493 e. The lowest BCUT2D eigenvalue weighted by atomic mass is 9.84. The molecule has 0 amide bonds. The Hall–Kier alpha value is -2.62. The van der Waals surface area contributed by atoms with Gasteiger partial charge >= 0.3 is 0 Å². The molecular weight excluding hydrogens is 338 g/mol. The first-order chi connectivity index (χ1) is 13.2. The number of hydrogen-bond donors (Lipinski definition) is 0. The average molecular weight is 365 g/mol. The van der Waals surface area contributed by atoms with Crippen LogP contribution in [-0.4, -0.2) is 24.0 Å². The lowest BCUT2D eigenvalue weighted by Crippen LogP contribution is -2.17. The second-order valence-electron chi connectivity index (χ2n) is 6.84. The van der Waals surface area contributed by atoms with Gasteiger partial charge in [-0.15, -0.1) is 0 Å². The molecule has 0 spiro atoms. The lowest BCUT2D eigenvalue weighted by molar-refractivity contribution is 0.102. The summed E-state index contributed by atoms with van der Waals surface area (Å²) in [4.78, 5) is 17.3. The Balaban J connectivity index is 2.02. The Labute approximate surface area is 161 Å². The fourth-order valence-electron chi connectivity index (χ4n) is 3.35. The number of allylic oxidation sites excluding steroid dienone is 1. The maximum absolute atomic E-state index is 13.2. The molecule has 4 heteroatoms. The number of benzene rings is 1. The first-order valence-corrected chi connectivity index (χ1v) is 9.73. The van der Waals surface area contributed by atoms with Crippen molar-refractivity contribution >= 4 is 11.9 Å². The number of ketones is 1. The highest BCUT2D eigenvalue weighted by atomic mass is 16.5. The number of pyridine rings is 1. The van der Waals surface area contributed by atoms with E-state index < -0.39 is 0 Å². The molecule has 0 aliphatic heterocycles. The fraction of sp³-hybridized carbons (Fsp3) is 0.391. The normalized spacial score (nSPS) is 14.9. The van der Waals surface area contributed by atoms with E-state index in [4.69, 9.17) is 9.47 Å². The second kappa shape index (κ2) is 8.85. The van der Waals surface area contributed by atoms with Gasteiger partial charge in [-0.25, -0.2) is 0 Å². The molecule has 1 heterocycles. The predicted octanol–water partition coefficient (Wildman–Crippen LogP) is 5.18. The Morgan fingerprint density at radius 3 is 2.63 bits per heavy atom. The summed E-state index contributed by atoms with van der Waals surface area (Å²) in [7, 11) is 0. The minimum absolute atomic E-state index is 0.0581. The number of carbonyl (C=O) groups excluding carboxylic acids is 1. The molecule has 142 valence electrons. The van der Waals surface area contributed by atoms with Crippen LogP contribution in [-0.2, 0) is 6.42 Å². The third-order valence-electron chi connectivity index (χ3n) is 4.70. The quantitative estimate of drug-likeness (QED) is 0.634. The number of Topliss-reactive ketones (excluding diaryl/α,β-unsaturated/α-hetero) is 1. The Morgan fingerprint density at radius 1 is 1.15 bits per heavy atom. The van der Waals surface area contributed by atoms with E-state index in [2.05, 4.69) is 18.8 Å². The maximum atomic E-state index is 13.2. The Bertz CT molecular complexity index is 840. The van der Waals surface area contributed by atoms with Gasteiger partial charge in [0.2, 0.25) is 0 Å². The fourth-order valence-corrected chi connectivity index (χ4v) is 3.35. The molecule has 0 saturated heterocycles. The minimum Gasteiger partial charge on any atom is -0.493 e. The summed E-state index contributed by atoms with van der Waals surface area (Å²) in [5.74, 6) is 1.63. The molecule has 4 nitrogen and oxygen atoms in total. The van der Waals surface area contributed by atoms with Crippen LogP contribution < -0.4 is 9.47 Å². The lowest BCUT2D eigenvalue weighted by Gasteiger charge is -2.24. The van der Waals surface area contributed by atoms with E-state index in [1.54, 1.807) is 12.4 Å². The van der Waals surface area contributed by atoms with Crippen molar-refractivity contribution < 1.29 is 14.3 Å². The van der Waals surface area contributed by atoms with Crippen molar-refractivity contribution in [3.8, 4) is 11.5 Å². The average Bonchev–Trinajstić information content (AvgIpc) is 2.69. The zero-order valence-corrected chi connectivity index (χ0v) is 16.4. The van der Waals surface area contributed by atoms with Crippen molar-refractivity contribution in [3.05, 3.63) is 58.4 Å². The van der Waals surface area contributed by atoms with Gasteiger partial charge in [-0.05, 0) is 56.4 Å². The number of rotatable bonds is 7. The van der Waals surface area contributed by atoms with E-state index in [9.17, 15) is 4.79 Å². The van der Waals surface area contributed by atoms with E-state index >= 15 is 0 Å². The molecule has 1 aromatic heterocycles. The van der Waals surface area contributed by atoms with Crippen molar-refractivity contribution in [2.24, 2.45) is 0 Å². The number of aromatic nitrogens is 1. The van der Waals surface area contributed by atoms with Gasteiger partial charge in [0.1, 0.15) is 11.5 Å². The molecule has 0 unspecified atom stereocenters. The van der Waals surface area contributed by atoms with E-state index in [1.807, 2.05) is 31.2 Å². The van der Waals surface area contributed by atoms with Crippen LogP contribution in [0.15, 0.2) is 36.2 Å². The van der Waals surface area contributed by atoms with Crippen molar-refractivity contribution in [2.45, 2.75) is 46.5 Å². The molecule has 0 fully saturated rings. The second-order valence-corrected chi connectivity index (χ2v) is 6.84. The van der Waals surface area contributed by atoms with E-state index in [1.165, 1.54) is 0 Å². The zero-order valence-electron chi connectivity index (χ0n) is 16.4. The standard InChI is InChI=1S/C23H27NO3/c1-4-11-26-21-14-20-19(23(16(21)3)27-12-5-2)9-8-18(22(20)25)13-17-7-6-10-24-15-17/h6-7,10,13-15H,4-5,8-9,11-12H2,1-3H3. The minimum atomic E-state index is 0.0581. The van der Waals surface area contributed by atoms with Crippen LogP contribution in [0.4, 0.5) is 0 Å². The van der Waals surface area contributed by atoms with E-state index in [-0.39, 0.29) is 5.78 Å².